The second kappa shape index (κ2) is 9.48. The van der Waals surface area contributed by atoms with Crippen molar-refractivity contribution in [3.63, 3.8) is 0 Å². The molecule has 0 spiro atoms. The van der Waals surface area contributed by atoms with Gasteiger partial charge in [-0.15, -0.1) is 0 Å². The molecule has 0 aromatic carbocycles. The van der Waals surface area contributed by atoms with Gasteiger partial charge in [0.05, 0.1) is 18.0 Å². The molecule has 0 unspecified atom stereocenters. The van der Waals surface area contributed by atoms with Crippen molar-refractivity contribution in [2.24, 2.45) is 0 Å². The van der Waals surface area contributed by atoms with Crippen LogP contribution in [0.2, 0.25) is 0 Å². The lowest BCUT2D eigenvalue weighted by Gasteiger charge is -2.26. The van der Waals surface area contributed by atoms with Crippen LogP contribution in [0.25, 0.3) is 5.57 Å². The molecule has 3 rings (SSSR count). The highest BCUT2D eigenvalue weighted by molar-refractivity contribution is 9.12. The molecule has 0 aliphatic carbocycles. The van der Waals surface area contributed by atoms with Crippen molar-refractivity contribution in [3.8, 4) is 6.07 Å². The lowest BCUT2D eigenvalue weighted by Crippen LogP contribution is -2.42. The van der Waals surface area contributed by atoms with E-state index in [0.717, 1.165) is 16.5 Å². The molecule has 2 N–H and O–H groups in total. The molecule has 2 aliphatic heterocycles. The summed E-state index contributed by atoms with van der Waals surface area (Å²) < 4.78 is 5.91. The van der Waals surface area contributed by atoms with Gasteiger partial charge < -0.3 is 20.3 Å². The molecule has 1 saturated heterocycles. The van der Waals surface area contributed by atoms with E-state index in [9.17, 15) is 10.1 Å². The predicted octanol–water partition coefficient (Wildman–Crippen LogP) is 2.08. The van der Waals surface area contributed by atoms with Crippen LogP contribution >= 0.6 is 15.9 Å². The van der Waals surface area contributed by atoms with E-state index in [2.05, 4.69) is 42.6 Å². The van der Waals surface area contributed by atoms with Crippen molar-refractivity contribution < 1.29 is 9.53 Å². The van der Waals surface area contributed by atoms with Crippen LogP contribution in [-0.2, 0) is 9.53 Å². The number of nitrogens with zero attached hydrogens (tertiary/aromatic N) is 4. The van der Waals surface area contributed by atoms with E-state index in [1.807, 2.05) is 19.1 Å². The number of nitrogens with one attached hydrogen (secondary N) is 2. The fourth-order valence-corrected chi connectivity index (χ4v) is 3.34. The molecular weight excluding hydrogens is 424 g/mol. The van der Waals surface area contributed by atoms with Gasteiger partial charge in [0.1, 0.15) is 18.2 Å². The maximum absolute atomic E-state index is 11.7. The number of ether oxygens (including phenoxy) is 1. The zero-order chi connectivity index (χ0) is 19.9. The van der Waals surface area contributed by atoms with Gasteiger partial charge in [-0.2, -0.15) is 5.26 Å². The van der Waals surface area contributed by atoms with E-state index in [1.54, 1.807) is 17.3 Å². The number of halogens is 1. The van der Waals surface area contributed by atoms with E-state index in [4.69, 9.17) is 4.74 Å². The summed E-state index contributed by atoms with van der Waals surface area (Å²) in [5, 5.41) is 16.0. The summed E-state index contributed by atoms with van der Waals surface area (Å²) in [5.41, 5.74) is 2.49. The van der Waals surface area contributed by atoms with Gasteiger partial charge in [-0.25, -0.2) is 9.97 Å². The lowest BCUT2D eigenvalue weighted by molar-refractivity contribution is -0.142. The summed E-state index contributed by atoms with van der Waals surface area (Å²) in [6.45, 7) is 4.54. The van der Waals surface area contributed by atoms with Gasteiger partial charge in [0.2, 0.25) is 11.9 Å². The number of hydrogen-bond acceptors (Lipinski definition) is 7. The third kappa shape index (κ3) is 4.77. The molecule has 0 radical (unpaired) electrons. The van der Waals surface area contributed by atoms with Gasteiger partial charge in [0, 0.05) is 36.5 Å². The maximum Gasteiger partial charge on any atom is 0.248 e. The van der Waals surface area contributed by atoms with Crippen LogP contribution < -0.4 is 10.6 Å². The third-order valence-corrected chi connectivity index (χ3v) is 5.01. The number of dihydropyridines is 1. The minimum atomic E-state index is 0.0260. The number of aryl methyl sites for hydroxylation is 1. The second-order valence-corrected chi connectivity index (χ2v) is 7.17. The molecule has 0 saturated carbocycles. The summed E-state index contributed by atoms with van der Waals surface area (Å²) >= 11 is 3.47. The molecule has 28 heavy (non-hydrogen) atoms. The normalized spacial score (nSPS) is 18.2. The molecule has 1 fully saturated rings. The number of aromatic nitrogens is 2. The number of nitriles is 1. The van der Waals surface area contributed by atoms with E-state index >= 15 is 0 Å². The second-order valence-electron chi connectivity index (χ2n) is 6.32. The minimum Gasteiger partial charge on any atom is -0.370 e. The summed E-state index contributed by atoms with van der Waals surface area (Å²) in [5.74, 6) is 0.478. The first-order valence-corrected chi connectivity index (χ1v) is 9.76. The van der Waals surface area contributed by atoms with Crippen molar-refractivity contribution in [1.29, 1.82) is 5.26 Å². The largest absolute Gasteiger partial charge is 0.370 e. The van der Waals surface area contributed by atoms with Gasteiger partial charge in [-0.3, -0.25) is 4.79 Å². The molecule has 1 aromatic rings. The number of amides is 1. The predicted molar refractivity (Wildman–Crippen MR) is 109 cm³/mol. The molecule has 2 aliphatic rings. The lowest BCUT2D eigenvalue weighted by atomic mass is 10.1. The molecule has 0 atom stereocenters. The van der Waals surface area contributed by atoms with Crippen molar-refractivity contribution >= 4 is 33.4 Å². The Morgan fingerprint density at radius 3 is 3.14 bits per heavy atom. The zero-order valence-electron chi connectivity index (χ0n) is 15.5. The first kappa shape index (κ1) is 20.0. The summed E-state index contributed by atoms with van der Waals surface area (Å²) in [7, 11) is 0. The summed E-state index contributed by atoms with van der Waals surface area (Å²) in [6.07, 6.45) is 7.95. The van der Waals surface area contributed by atoms with Gasteiger partial charge in [-0.05, 0) is 47.0 Å². The molecule has 9 heteroatoms. The fourth-order valence-electron chi connectivity index (χ4n) is 2.87. The minimum absolute atomic E-state index is 0.0260. The van der Waals surface area contributed by atoms with Crippen LogP contribution in [0.15, 0.2) is 34.7 Å². The third-order valence-electron chi connectivity index (χ3n) is 4.35. The smallest absolute Gasteiger partial charge is 0.248 e. The number of hydrogen-bond donors (Lipinski definition) is 2. The van der Waals surface area contributed by atoms with Gasteiger partial charge in [0.25, 0.3) is 0 Å². The molecule has 1 amide bonds. The maximum atomic E-state index is 11.7. The number of anilines is 1. The Labute approximate surface area is 172 Å². The van der Waals surface area contributed by atoms with Crippen LogP contribution in [0.5, 0.6) is 0 Å². The highest BCUT2D eigenvalue weighted by atomic mass is 79.9. The molecular formula is C19H21BrN6O2. The van der Waals surface area contributed by atoms with E-state index in [1.165, 1.54) is 0 Å². The Morgan fingerprint density at radius 2 is 2.39 bits per heavy atom. The van der Waals surface area contributed by atoms with Crippen molar-refractivity contribution in [2.45, 2.75) is 13.3 Å². The van der Waals surface area contributed by atoms with E-state index < -0.39 is 0 Å². The number of carbonyl (C=O) groups is 1. The highest BCUT2D eigenvalue weighted by Gasteiger charge is 2.18. The average molecular weight is 445 g/mol. The fraction of sp³-hybridized carbons (Fsp3) is 0.368. The molecule has 3 heterocycles. The van der Waals surface area contributed by atoms with Crippen LogP contribution in [0.1, 0.15) is 17.7 Å². The Kier molecular flexibility index (Phi) is 6.79. The summed E-state index contributed by atoms with van der Waals surface area (Å²) in [4.78, 5) is 22.4. The van der Waals surface area contributed by atoms with Crippen molar-refractivity contribution in [2.75, 3.05) is 38.2 Å². The van der Waals surface area contributed by atoms with Crippen molar-refractivity contribution in [3.05, 3.63) is 46.0 Å². The monoisotopic (exact) mass is 444 g/mol. The zero-order valence-corrected chi connectivity index (χ0v) is 17.1. The van der Waals surface area contributed by atoms with Gasteiger partial charge >= 0.3 is 0 Å². The Bertz CT molecular complexity index is 887. The quantitative estimate of drug-likeness (QED) is 0.511. The Balaban J connectivity index is 1.67. The first-order valence-electron chi connectivity index (χ1n) is 8.97. The number of carbonyl (C=O) groups excluding carboxylic acids is 1. The first-order chi connectivity index (χ1) is 13.6. The Hall–Kier alpha value is -2.70. The van der Waals surface area contributed by atoms with Crippen LogP contribution in [0.4, 0.5) is 5.95 Å². The standard InChI is InChI=1S/C19H21BrN6O2/c1-13-11-24-19(23-6-3-7-26-8-9-28-12-16(26)27)25-17(13)14(10-21)18-15(20)4-2-5-22-18/h2,4-5,11,22H,3,6-9,12H2,1H3,(H,23,24,25)/b18-14-. The average Bonchev–Trinajstić information content (AvgIpc) is 2.70. The van der Waals surface area contributed by atoms with E-state index in [-0.39, 0.29) is 12.5 Å². The molecule has 1 aromatic heterocycles. The van der Waals surface area contributed by atoms with E-state index in [0.29, 0.717) is 49.2 Å². The number of morpholine rings is 1. The van der Waals surface area contributed by atoms with Gasteiger partial charge in [0.15, 0.2) is 0 Å². The molecule has 8 nitrogen and oxygen atoms in total. The number of rotatable bonds is 6. The topological polar surface area (TPSA) is 103 Å². The molecule has 146 valence electrons. The number of allylic oxidation sites excluding steroid dienone is 4. The van der Waals surface area contributed by atoms with Crippen LogP contribution in [0.3, 0.4) is 0 Å². The van der Waals surface area contributed by atoms with Crippen LogP contribution in [-0.4, -0.2) is 53.6 Å². The highest BCUT2D eigenvalue weighted by Crippen LogP contribution is 2.27. The summed E-state index contributed by atoms with van der Waals surface area (Å²) in [6, 6.07) is 2.24. The van der Waals surface area contributed by atoms with Crippen LogP contribution in [0, 0.1) is 18.3 Å². The molecule has 0 bridgehead atoms. The van der Waals surface area contributed by atoms with Crippen molar-refractivity contribution in [1.82, 2.24) is 20.2 Å². The van der Waals surface area contributed by atoms with Gasteiger partial charge in [-0.1, -0.05) is 0 Å². The SMILES string of the molecule is Cc1cnc(NCCCN2CCOCC2=O)nc1/C(C#N)=C1\NC=CC=C1Br. The Morgan fingerprint density at radius 1 is 1.54 bits per heavy atom.